The number of benzene rings is 1. The number of rotatable bonds is 1. The highest BCUT2D eigenvalue weighted by molar-refractivity contribution is 9.10. The van der Waals surface area contributed by atoms with Crippen molar-refractivity contribution in [2.45, 2.75) is 12.5 Å². The summed E-state index contributed by atoms with van der Waals surface area (Å²) in [6, 6.07) is 2.15. The molecule has 0 bridgehead atoms. The van der Waals surface area contributed by atoms with Crippen molar-refractivity contribution >= 4 is 27.5 Å². The number of hydrogen-bond acceptors (Lipinski definition) is 2. The molecular weight excluding hydrogens is 324 g/mol. The van der Waals surface area contributed by atoms with Crippen molar-refractivity contribution in [2.24, 2.45) is 0 Å². The lowest BCUT2D eigenvalue weighted by Gasteiger charge is -2.16. The quantitative estimate of drug-likeness (QED) is 0.769. The maximum atomic E-state index is 12.7. The fraction of sp³-hybridized carbons (Fsp3) is 0.400. The molecule has 2 nitrogen and oxygen atoms in total. The van der Waals surface area contributed by atoms with E-state index in [0.29, 0.717) is 13.2 Å². The second-order valence-electron chi connectivity index (χ2n) is 3.42. The van der Waals surface area contributed by atoms with E-state index in [9.17, 15) is 13.2 Å². The number of hydrogen-bond donors (Lipinski definition) is 0. The molecule has 0 spiro atoms. The highest BCUT2D eigenvalue weighted by atomic mass is 79.9. The second kappa shape index (κ2) is 4.76. The zero-order valence-electron chi connectivity index (χ0n) is 8.35. The van der Waals surface area contributed by atoms with Crippen LogP contribution in [-0.2, 0) is 15.7 Å². The fourth-order valence-corrected chi connectivity index (χ4v) is 2.45. The van der Waals surface area contributed by atoms with Crippen LogP contribution in [0, 0.1) is 0 Å². The molecule has 2 rings (SSSR count). The Kier molecular flexibility index (Phi) is 3.68. The molecule has 0 N–H and O–H groups in total. The Hall–Kier alpha value is -0.300. The molecule has 94 valence electrons. The molecule has 0 amide bonds. The molecule has 1 aromatic rings. The van der Waals surface area contributed by atoms with Crippen LogP contribution in [0.3, 0.4) is 0 Å². The third kappa shape index (κ3) is 2.76. The normalized spacial score (nSPS) is 17.7. The average molecular weight is 332 g/mol. The Morgan fingerprint density at radius 2 is 1.82 bits per heavy atom. The van der Waals surface area contributed by atoms with Gasteiger partial charge >= 0.3 is 6.18 Å². The van der Waals surface area contributed by atoms with Gasteiger partial charge in [-0.1, -0.05) is 27.5 Å². The van der Waals surface area contributed by atoms with Gasteiger partial charge in [-0.2, -0.15) is 13.2 Å². The third-order valence-electron chi connectivity index (χ3n) is 2.27. The van der Waals surface area contributed by atoms with E-state index < -0.39 is 18.0 Å². The molecule has 0 radical (unpaired) electrons. The van der Waals surface area contributed by atoms with E-state index in [1.54, 1.807) is 0 Å². The van der Waals surface area contributed by atoms with Gasteiger partial charge in [-0.3, -0.25) is 0 Å². The van der Waals surface area contributed by atoms with E-state index >= 15 is 0 Å². The van der Waals surface area contributed by atoms with Gasteiger partial charge in [0.2, 0.25) is 0 Å². The summed E-state index contributed by atoms with van der Waals surface area (Å²) in [7, 11) is 0. The van der Waals surface area contributed by atoms with Crippen LogP contribution in [0.15, 0.2) is 16.6 Å². The number of halogens is 5. The Morgan fingerprint density at radius 3 is 2.35 bits per heavy atom. The maximum Gasteiger partial charge on any atom is 0.417 e. The van der Waals surface area contributed by atoms with Crippen LogP contribution >= 0.6 is 27.5 Å². The fourth-order valence-electron chi connectivity index (χ4n) is 1.50. The van der Waals surface area contributed by atoms with Crippen molar-refractivity contribution in [3.63, 3.8) is 0 Å². The first-order chi connectivity index (χ1) is 7.89. The first kappa shape index (κ1) is 13.1. The first-order valence-electron chi connectivity index (χ1n) is 4.69. The molecule has 0 aromatic heterocycles. The molecule has 17 heavy (non-hydrogen) atoms. The lowest BCUT2D eigenvalue weighted by molar-refractivity contribution is -0.138. The molecule has 1 heterocycles. The molecule has 7 heteroatoms. The molecule has 0 saturated carbocycles. The van der Waals surface area contributed by atoms with Crippen LogP contribution in [0.1, 0.15) is 17.4 Å². The predicted octanol–water partition coefficient (Wildman–Crippen LogP) is 4.17. The zero-order valence-corrected chi connectivity index (χ0v) is 10.7. The lowest BCUT2D eigenvalue weighted by Crippen LogP contribution is -2.09. The van der Waals surface area contributed by atoms with Crippen LogP contribution in [0.25, 0.3) is 0 Å². The van der Waals surface area contributed by atoms with E-state index in [2.05, 4.69) is 15.9 Å². The predicted molar refractivity (Wildman–Crippen MR) is 58.8 cm³/mol. The van der Waals surface area contributed by atoms with Gasteiger partial charge in [-0.15, -0.1) is 0 Å². The van der Waals surface area contributed by atoms with Crippen molar-refractivity contribution < 1.29 is 22.6 Å². The van der Waals surface area contributed by atoms with Gasteiger partial charge in [0, 0.05) is 15.1 Å². The molecule has 1 aliphatic rings. The SMILES string of the molecule is FC(F)(F)c1cc(C2OCCO2)c(Cl)cc1Br. The highest BCUT2D eigenvalue weighted by Crippen LogP contribution is 2.40. The summed E-state index contributed by atoms with van der Waals surface area (Å²) in [6.07, 6.45) is -5.27. The minimum absolute atomic E-state index is 0.100. The van der Waals surface area contributed by atoms with Crippen molar-refractivity contribution in [3.05, 3.63) is 32.8 Å². The standard InChI is InChI=1S/C10H7BrClF3O2/c11-7-4-8(12)5(9-16-1-2-17-9)3-6(7)10(13,14)15/h3-4,9H,1-2H2. The summed E-state index contributed by atoms with van der Waals surface area (Å²) in [5, 5.41) is 0.178. The van der Waals surface area contributed by atoms with Crippen LogP contribution in [-0.4, -0.2) is 13.2 Å². The summed E-state index contributed by atoms with van der Waals surface area (Å²) < 4.78 is 48.3. The van der Waals surface area contributed by atoms with Gasteiger partial charge in [0.15, 0.2) is 6.29 Å². The minimum Gasteiger partial charge on any atom is -0.346 e. The van der Waals surface area contributed by atoms with E-state index in [1.807, 2.05) is 0 Å². The van der Waals surface area contributed by atoms with Crippen molar-refractivity contribution in [2.75, 3.05) is 13.2 Å². The van der Waals surface area contributed by atoms with E-state index in [4.69, 9.17) is 21.1 Å². The summed E-state index contributed by atoms with van der Waals surface area (Å²) >= 11 is 8.71. The summed E-state index contributed by atoms with van der Waals surface area (Å²) in [5.74, 6) is 0. The Labute approximate surface area is 109 Å². The van der Waals surface area contributed by atoms with Crippen LogP contribution < -0.4 is 0 Å². The third-order valence-corrected chi connectivity index (χ3v) is 3.25. The van der Waals surface area contributed by atoms with Crippen LogP contribution in [0.5, 0.6) is 0 Å². The first-order valence-corrected chi connectivity index (χ1v) is 5.86. The molecule has 0 atom stereocenters. The molecule has 1 fully saturated rings. The average Bonchev–Trinajstić information content (AvgIpc) is 2.68. The topological polar surface area (TPSA) is 18.5 Å². The Balaban J connectivity index is 2.45. The number of alkyl halides is 3. The number of ether oxygens (including phenoxy) is 2. The zero-order chi connectivity index (χ0) is 12.6. The molecule has 0 aliphatic carbocycles. The summed E-state index contributed by atoms with van der Waals surface area (Å²) in [4.78, 5) is 0. The van der Waals surface area contributed by atoms with Crippen molar-refractivity contribution in [3.8, 4) is 0 Å². The second-order valence-corrected chi connectivity index (χ2v) is 4.69. The maximum absolute atomic E-state index is 12.7. The van der Waals surface area contributed by atoms with Crippen molar-refractivity contribution in [1.29, 1.82) is 0 Å². The Morgan fingerprint density at radius 1 is 1.24 bits per heavy atom. The minimum atomic E-state index is -4.45. The molecular formula is C10H7BrClF3O2. The van der Waals surface area contributed by atoms with Crippen molar-refractivity contribution in [1.82, 2.24) is 0 Å². The van der Waals surface area contributed by atoms with Gasteiger partial charge in [-0.25, -0.2) is 0 Å². The van der Waals surface area contributed by atoms with Gasteiger partial charge in [0.25, 0.3) is 0 Å². The van der Waals surface area contributed by atoms with Gasteiger partial charge in [-0.05, 0) is 12.1 Å². The van der Waals surface area contributed by atoms with E-state index in [1.165, 1.54) is 6.07 Å². The summed E-state index contributed by atoms with van der Waals surface area (Å²) in [5.41, 5.74) is -0.601. The van der Waals surface area contributed by atoms with Gasteiger partial charge in [0.05, 0.1) is 18.8 Å². The van der Waals surface area contributed by atoms with Gasteiger partial charge in [0.1, 0.15) is 0 Å². The van der Waals surface area contributed by atoms with Crippen LogP contribution in [0.2, 0.25) is 5.02 Å². The Bertz CT molecular complexity index is 430. The lowest BCUT2D eigenvalue weighted by atomic mass is 10.1. The molecule has 1 saturated heterocycles. The summed E-state index contributed by atoms with van der Waals surface area (Å²) in [6.45, 7) is 0.691. The van der Waals surface area contributed by atoms with E-state index in [-0.39, 0.29) is 15.1 Å². The van der Waals surface area contributed by atoms with Crippen LogP contribution in [0.4, 0.5) is 13.2 Å². The highest BCUT2D eigenvalue weighted by Gasteiger charge is 2.35. The monoisotopic (exact) mass is 330 g/mol. The van der Waals surface area contributed by atoms with E-state index in [0.717, 1.165) is 6.07 Å². The molecule has 1 aromatic carbocycles. The molecule has 1 aliphatic heterocycles. The molecule has 0 unspecified atom stereocenters. The largest absolute Gasteiger partial charge is 0.417 e. The van der Waals surface area contributed by atoms with Gasteiger partial charge < -0.3 is 9.47 Å². The smallest absolute Gasteiger partial charge is 0.346 e.